The van der Waals surface area contributed by atoms with Crippen LogP contribution in [0.15, 0.2) is 29.3 Å². The highest BCUT2D eigenvalue weighted by Gasteiger charge is 2.63. The molecule has 0 saturated heterocycles. The van der Waals surface area contributed by atoms with Gasteiger partial charge in [-0.05, 0) is 77.3 Å². The van der Waals surface area contributed by atoms with Gasteiger partial charge in [0.1, 0.15) is 5.15 Å². The van der Waals surface area contributed by atoms with Crippen LogP contribution in [0.4, 0.5) is 0 Å². The third-order valence-corrected chi connectivity index (χ3v) is 10.5. The number of halogens is 2. The van der Waals surface area contributed by atoms with Crippen LogP contribution in [0.2, 0.25) is 10.2 Å². The van der Waals surface area contributed by atoms with E-state index < -0.39 is 38.8 Å². The molecule has 0 spiro atoms. The lowest BCUT2D eigenvalue weighted by molar-refractivity contribution is -0.190. The van der Waals surface area contributed by atoms with E-state index in [2.05, 4.69) is 9.71 Å². The van der Waals surface area contributed by atoms with Gasteiger partial charge in [0.05, 0.1) is 34.0 Å². The van der Waals surface area contributed by atoms with Gasteiger partial charge >= 0.3 is 11.9 Å². The lowest BCUT2D eigenvalue weighted by Crippen LogP contribution is -2.58. The summed E-state index contributed by atoms with van der Waals surface area (Å²) in [5, 5.41) is 1.56. The molecule has 2 saturated carbocycles. The van der Waals surface area contributed by atoms with Crippen molar-refractivity contribution in [3.63, 3.8) is 0 Å². The van der Waals surface area contributed by atoms with Gasteiger partial charge in [0.2, 0.25) is 10.0 Å². The zero-order valence-electron chi connectivity index (χ0n) is 22.2. The number of esters is 2. The Balaban J connectivity index is 1.60. The minimum absolute atomic E-state index is 0.0347. The van der Waals surface area contributed by atoms with Gasteiger partial charge in [0.25, 0.3) is 0 Å². The molecular weight excluding hydrogens is 565 g/mol. The standard InChI is InChI=1S/C27H35Cl2N3O6S/c1-3-37-24(33)26(11-7-17(30)8-12-26)27(25(34)38-4-2)13-9-18(10-14-27)32-39(35,36)19-5-6-20-21(15-19)23(29)31-16-22(20)28/h5-6,15-18,32H,3-4,7-14,30H2,1-2H3. The van der Waals surface area contributed by atoms with Crippen LogP contribution in [0, 0.1) is 10.8 Å². The number of ether oxygens (including phenoxy) is 2. The van der Waals surface area contributed by atoms with Gasteiger partial charge < -0.3 is 15.2 Å². The van der Waals surface area contributed by atoms with Crippen molar-refractivity contribution in [1.82, 2.24) is 9.71 Å². The normalized spacial score (nSPS) is 27.7. The molecule has 4 rings (SSSR count). The van der Waals surface area contributed by atoms with Gasteiger partial charge in [-0.1, -0.05) is 29.3 Å². The second-order valence-electron chi connectivity index (χ2n) is 10.4. The zero-order chi connectivity index (χ0) is 28.4. The molecule has 0 aliphatic heterocycles. The molecule has 0 atom stereocenters. The van der Waals surface area contributed by atoms with E-state index in [0.29, 0.717) is 54.3 Å². The SMILES string of the molecule is CCOC(=O)C1(C2(C(=O)OCC)CCC(NS(=O)(=O)c3ccc4c(Cl)cnc(Cl)c4c3)CC2)CCC(N)CC1. The van der Waals surface area contributed by atoms with Crippen LogP contribution in [-0.4, -0.2) is 50.6 Å². The molecule has 2 aliphatic rings. The van der Waals surface area contributed by atoms with Gasteiger partial charge in [-0.3, -0.25) is 9.59 Å². The molecule has 2 fully saturated rings. The summed E-state index contributed by atoms with van der Waals surface area (Å²) in [6.45, 7) is 3.85. The summed E-state index contributed by atoms with van der Waals surface area (Å²) in [5.74, 6) is -0.826. The van der Waals surface area contributed by atoms with Crippen molar-refractivity contribution in [2.45, 2.75) is 82.2 Å². The average molecular weight is 601 g/mol. The number of sulfonamides is 1. The van der Waals surface area contributed by atoms with Gasteiger partial charge in [-0.15, -0.1) is 0 Å². The molecular formula is C27H35Cl2N3O6S. The zero-order valence-corrected chi connectivity index (χ0v) is 24.5. The topological polar surface area (TPSA) is 138 Å². The third kappa shape index (κ3) is 5.63. The quantitative estimate of drug-likeness (QED) is 0.327. The number of carbonyl (C=O) groups excluding carboxylic acids is 2. The van der Waals surface area contributed by atoms with Crippen LogP contribution in [0.25, 0.3) is 10.8 Å². The van der Waals surface area contributed by atoms with Crippen molar-refractivity contribution in [3.05, 3.63) is 34.6 Å². The first-order valence-electron chi connectivity index (χ1n) is 13.4. The molecule has 1 aromatic heterocycles. The Morgan fingerprint density at radius 2 is 1.51 bits per heavy atom. The van der Waals surface area contributed by atoms with Crippen LogP contribution >= 0.6 is 23.2 Å². The summed E-state index contributed by atoms with van der Waals surface area (Å²) >= 11 is 12.4. The van der Waals surface area contributed by atoms with Gasteiger partial charge in [-0.25, -0.2) is 18.1 Å². The van der Waals surface area contributed by atoms with Crippen molar-refractivity contribution in [2.75, 3.05) is 13.2 Å². The minimum atomic E-state index is -3.92. The molecule has 2 aromatic rings. The van der Waals surface area contributed by atoms with Gasteiger partial charge in [0.15, 0.2) is 0 Å². The molecule has 214 valence electrons. The number of aromatic nitrogens is 1. The van der Waals surface area contributed by atoms with E-state index in [-0.39, 0.29) is 42.1 Å². The van der Waals surface area contributed by atoms with Crippen molar-refractivity contribution in [3.8, 4) is 0 Å². The number of nitrogens with two attached hydrogens (primary N) is 1. The number of nitrogens with zero attached hydrogens (tertiary/aromatic N) is 1. The number of carbonyl (C=O) groups is 2. The minimum Gasteiger partial charge on any atom is -0.466 e. The smallest absolute Gasteiger partial charge is 0.313 e. The number of hydrogen-bond donors (Lipinski definition) is 2. The molecule has 0 bridgehead atoms. The largest absolute Gasteiger partial charge is 0.466 e. The second kappa shape index (κ2) is 11.9. The predicted octanol–water partition coefficient (Wildman–Crippen LogP) is 4.76. The first-order chi connectivity index (χ1) is 18.5. The molecule has 9 nitrogen and oxygen atoms in total. The monoisotopic (exact) mass is 599 g/mol. The Labute approximate surface area is 239 Å². The molecule has 1 aromatic carbocycles. The third-order valence-electron chi connectivity index (χ3n) is 8.37. The van der Waals surface area contributed by atoms with E-state index in [0.717, 1.165) is 0 Å². The van der Waals surface area contributed by atoms with E-state index >= 15 is 0 Å². The summed E-state index contributed by atoms with van der Waals surface area (Å²) < 4.78 is 40.5. The molecule has 0 radical (unpaired) electrons. The van der Waals surface area contributed by atoms with Crippen LogP contribution in [0.5, 0.6) is 0 Å². The summed E-state index contributed by atoms with van der Waals surface area (Å²) in [6.07, 6.45) is 4.75. The fourth-order valence-corrected chi connectivity index (χ4v) is 8.01. The number of pyridine rings is 1. The maximum atomic E-state index is 13.6. The van der Waals surface area contributed by atoms with Crippen molar-refractivity contribution in [1.29, 1.82) is 0 Å². The van der Waals surface area contributed by atoms with E-state index in [9.17, 15) is 18.0 Å². The van der Waals surface area contributed by atoms with E-state index in [1.54, 1.807) is 19.9 Å². The van der Waals surface area contributed by atoms with E-state index in [4.69, 9.17) is 38.4 Å². The molecule has 12 heteroatoms. The maximum absolute atomic E-state index is 13.6. The molecule has 39 heavy (non-hydrogen) atoms. The number of hydrogen-bond acceptors (Lipinski definition) is 8. The lowest BCUT2D eigenvalue weighted by atomic mass is 9.51. The second-order valence-corrected chi connectivity index (χ2v) is 12.9. The molecule has 3 N–H and O–H groups in total. The first-order valence-corrected chi connectivity index (χ1v) is 15.6. The Hall–Kier alpha value is -1.98. The highest BCUT2D eigenvalue weighted by atomic mass is 35.5. The highest BCUT2D eigenvalue weighted by Crippen LogP contribution is 2.58. The fraction of sp³-hybridized carbons (Fsp3) is 0.593. The predicted molar refractivity (Wildman–Crippen MR) is 149 cm³/mol. The number of rotatable bonds is 8. The van der Waals surface area contributed by atoms with Crippen LogP contribution in [0.1, 0.15) is 65.2 Å². The highest BCUT2D eigenvalue weighted by molar-refractivity contribution is 7.89. The maximum Gasteiger partial charge on any atom is 0.313 e. The molecule has 2 aliphatic carbocycles. The van der Waals surface area contributed by atoms with Gasteiger partial charge in [-0.2, -0.15) is 0 Å². The Bertz CT molecular complexity index is 1340. The summed E-state index contributed by atoms with van der Waals surface area (Å²) in [6, 6.07) is 4.04. The summed E-state index contributed by atoms with van der Waals surface area (Å²) in [4.78, 5) is 31.1. The Morgan fingerprint density at radius 1 is 0.974 bits per heavy atom. The Kier molecular flexibility index (Phi) is 9.12. The average Bonchev–Trinajstić information content (AvgIpc) is 2.92. The summed E-state index contributed by atoms with van der Waals surface area (Å²) in [5.41, 5.74) is 4.00. The number of nitrogens with one attached hydrogen (secondary N) is 1. The van der Waals surface area contributed by atoms with Crippen LogP contribution < -0.4 is 10.5 Å². The van der Waals surface area contributed by atoms with Crippen molar-refractivity contribution >= 4 is 55.9 Å². The molecule has 0 unspecified atom stereocenters. The lowest BCUT2D eigenvalue weighted by Gasteiger charge is -2.52. The fourth-order valence-electron chi connectivity index (χ4n) is 6.27. The van der Waals surface area contributed by atoms with Crippen molar-refractivity contribution < 1.29 is 27.5 Å². The number of fused-ring (bicyclic) bond motifs is 1. The Morgan fingerprint density at radius 3 is 2.05 bits per heavy atom. The van der Waals surface area contributed by atoms with Crippen LogP contribution in [0.3, 0.4) is 0 Å². The number of benzene rings is 1. The van der Waals surface area contributed by atoms with E-state index in [1.807, 2.05) is 0 Å². The van der Waals surface area contributed by atoms with Crippen LogP contribution in [-0.2, 0) is 29.1 Å². The summed E-state index contributed by atoms with van der Waals surface area (Å²) in [7, 11) is -3.92. The molecule has 1 heterocycles. The van der Waals surface area contributed by atoms with E-state index in [1.165, 1.54) is 18.3 Å². The molecule has 0 amide bonds. The van der Waals surface area contributed by atoms with Crippen molar-refractivity contribution in [2.24, 2.45) is 16.6 Å². The first kappa shape index (κ1) is 30.0. The van der Waals surface area contributed by atoms with Gasteiger partial charge in [0, 0.05) is 29.1 Å².